The minimum Gasteiger partial charge on any atom is -0.493 e. The van der Waals surface area contributed by atoms with E-state index in [0.29, 0.717) is 13.0 Å². The number of ether oxygens (including phenoxy) is 3. The van der Waals surface area contributed by atoms with Gasteiger partial charge < -0.3 is 19.5 Å². The van der Waals surface area contributed by atoms with Crippen LogP contribution in [0, 0.1) is 0 Å². The lowest BCUT2D eigenvalue weighted by Crippen LogP contribution is -2.31. The molecule has 1 aromatic carbocycles. The third kappa shape index (κ3) is 3.88. The molecule has 116 valence electrons. The Kier molecular flexibility index (Phi) is 5.44. The number of hydrogen-bond donors (Lipinski definition) is 1. The van der Waals surface area contributed by atoms with Gasteiger partial charge >= 0.3 is 5.97 Å². The molecule has 0 spiro atoms. The molecular formula is C16H23NO4. The number of nitrogens with one attached hydrogen (secondary N) is 1. The molecule has 1 heterocycles. The largest absolute Gasteiger partial charge is 0.493 e. The van der Waals surface area contributed by atoms with Gasteiger partial charge in [-0.3, -0.25) is 4.79 Å². The van der Waals surface area contributed by atoms with Crippen molar-refractivity contribution >= 4 is 5.97 Å². The molecule has 0 aromatic heterocycles. The molecule has 1 fully saturated rings. The Hall–Kier alpha value is -1.75. The van der Waals surface area contributed by atoms with Crippen molar-refractivity contribution in [2.24, 2.45) is 0 Å². The number of rotatable bonds is 6. The number of methoxy groups -OCH3 is 2. The number of carbonyl (C=O) groups excluding carboxylic acids is 1. The highest BCUT2D eigenvalue weighted by atomic mass is 16.5. The summed E-state index contributed by atoms with van der Waals surface area (Å²) in [5.41, 5.74) is 1.23. The SMILES string of the molecule is CCCc1ccc(OC2CN[C@H](C(=O)OC)C2)c(OC)c1. The van der Waals surface area contributed by atoms with E-state index in [2.05, 4.69) is 18.3 Å². The average molecular weight is 293 g/mol. The second-order valence-electron chi connectivity index (χ2n) is 5.19. The first-order valence-electron chi connectivity index (χ1n) is 7.32. The van der Waals surface area contributed by atoms with Crippen molar-refractivity contribution in [3.05, 3.63) is 23.8 Å². The van der Waals surface area contributed by atoms with Gasteiger partial charge in [-0.2, -0.15) is 0 Å². The first-order chi connectivity index (χ1) is 10.2. The Morgan fingerprint density at radius 3 is 2.81 bits per heavy atom. The number of carbonyl (C=O) groups is 1. The van der Waals surface area contributed by atoms with Gasteiger partial charge in [-0.25, -0.2) is 0 Å². The molecule has 2 atom stereocenters. The van der Waals surface area contributed by atoms with Gasteiger partial charge in [0.25, 0.3) is 0 Å². The predicted molar refractivity (Wildman–Crippen MR) is 79.8 cm³/mol. The molecule has 0 radical (unpaired) electrons. The Morgan fingerprint density at radius 1 is 1.33 bits per heavy atom. The first kappa shape index (κ1) is 15.6. The molecule has 1 unspecified atom stereocenters. The maximum Gasteiger partial charge on any atom is 0.323 e. The van der Waals surface area contributed by atoms with Crippen LogP contribution in [0.1, 0.15) is 25.3 Å². The smallest absolute Gasteiger partial charge is 0.323 e. The molecule has 0 saturated carbocycles. The van der Waals surface area contributed by atoms with Crippen LogP contribution < -0.4 is 14.8 Å². The predicted octanol–water partition coefficient (Wildman–Crippen LogP) is 1.93. The van der Waals surface area contributed by atoms with E-state index in [1.807, 2.05) is 12.1 Å². The summed E-state index contributed by atoms with van der Waals surface area (Å²) in [6, 6.07) is 5.72. The van der Waals surface area contributed by atoms with Crippen LogP contribution in [0.4, 0.5) is 0 Å². The standard InChI is InChI=1S/C16H23NO4/c1-4-5-11-6-7-14(15(8-11)19-2)21-12-9-13(17-10-12)16(18)20-3/h6-8,12-13,17H,4-5,9-10H2,1-3H3/t12?,13-/m0/s1. The fourth-order valence-corrected chi connectivity index (χ4v) is 2.55. The van der Waals surface area contributed by atoms with Gasteiger partial charge in [0.05, 0.1) is 14.2 Å². The van der Waals surface area contributed by atoms with Crippen LogP contribution in [0.15, 0.2) is 18.2 Å². The lowest BCUT2D eigenvalue weighted by atomic mass is 10.1. The lowest BCUT2D eigenvalue weighted by molar-refractivity contribution is -0.142. The number of aryl methyl sites for hydroxylation is 1. The monoisotopic (exact) mass is 293 g/mol. The Labute approximate surface area is 125 Å². The van der Waals surface area contributed by atoms with Gasteiger partial charge in [0.1, 0.15) is 12.1 Å². The van der Waals surface area contributed by atoms with Crippen LogP contribution in [-0.2, 0) is 16.0 Å². The molecule has 0 bridgehead atoms. The molecule has 0 aliphatic carbocycles. The van der Waals surface area contributed by atoms with Gasteiger partial charge in [-0.05, 0) is 24.1 Å². The van der Waals surface area contributed by atoms with E-state index in [-0.39, 0.29) is 18.1 Å². The van der Waals surface area contributed by atoms with Crippen LogP contribution in [0.2, 0.25) is 0 Å². The van der Waals surface area contributed by atoms with Crippen molar-refractivity contribution in [3.8, 4) is 11.5 Å². The zero-order chi connectivity index (χ0) is 15.2. The van der Waals surface area contributed by atoms with Crippen LogP contribution in [-0.4, -0.2) is 38.9 Å². The third-order valence-electron chi connectivity index (χ3n) is 3.64. The van der Waals surface area contributed by atoms with E-state index in [1.165, 1.54) is 12.7 Å². The molecule has 5 heteroatoms. The van der Waals surface area contributed by atoms with Crippen LogP contribution in [0.25, 0.3) is 0 Å². The summed E-state index contributed by atoms with van der Waals surface area (Å²) in [4.78, 5) is 11.5. The second-order valence-corrected chi connectivity index (χ2v) is 5.19. The van der Waals surface area contributed by atoms with E-state index in [9.17, 15) is 4.79 Å². The number of benzene rings is 1. The summed E-state index contributed by atoms with van der Waals surface area (Å²) >= 11 is 0. The Balaban J connectivity index is 2.01. The van der Waals surface area contributed by atoms with E-state index in [0.717, 1.165) is 24.3 Å². The fraction of sp³-hybridized carbons (Fsp3) is 0.562. The van der Waals surface area contributed by atoms with Crippen molar-refractivity contribution in [2.45, 2.75) is 38.3 Å². The minimum absolute atomic E-state index is 0.0555. The minimum atomic E-state index is -0.287. The van der Waals surface area contributed by atoms with Gasteiger partial charge in [-0.1, -0.05) is 19.4 Å². The summed E-state index contributed by atoms with van der Waals surface area (Å²) in [6.45, 7) is 2.77. The second kappa shape index (κ2) is 7.31. The molecule has 21 heavy (non-hydrogen) atoms. The summed E-state index contributed by atoms with van der Waals surface area (Å²) in [5, 5.41) is 3.11. The fourth-order valence-electron chi connectivity index (χ4n) is 2.55. The van der Waals surface area contributed by atoms with E-state index in [1.54, 1.807) is 7.11 Å². The summed E-state index contributed by atoms with van der Waals surface area (Å²) in [5.74, 6) is 1.21. The average Bonchev–Trinajstić information content (AvgIpc) is 2.96. The maximum absolute atomic E-state index is 11.5. The normalized spacial score (nSPS) is 21.1. The Bertz CT molecular complexity index is 489. The third-order valence-corrected chi connectivity index (χ3v) is 3.64. The van der Waals surface area contributed by atoms with Crippen molar-refractivity contribution in [1.29, 1.82) is 0 Å². The number of esters is 1. The molecule has 0 amide bonds. The highest BCUT2D eigenvalue weighted by Crippen LogP contribution is 2.30. The van der Waals surface area contributed by atoms with Crippen LogP contribution in [0.5, 0.6) is 11.5 Å². The molecule has 1 saturated heterocycles. The molecule has 2 rings (SSSR count). The van der Waals surface area contributed by atoms with Gasteiger partial charge in [0.2, 0.25) is 0 Å². The first-order valence-corrected chi connectivity index (χ1v) is 7.32. The molecule has 1 N–H and O–H groups in total. The molecule has 1 aliphatic rings. The topological polar surface area (TPSA) is 56.8 Å². The zero-order valence-electron chi connectivity index (χ0n) is 12.8. The van der Waals surface area contributed by atoms with Crippen LogP contribution >= 0.6 is 0 Å². The van der Waals surface area contributed by atoms with Crippen molar-refractivity contribution in [1.82, 2.24) is 5.32 Å². The molecule has 1 aliphatic heterocycles. The lowest BCUT2D eigenvalue weighted by Gasteiger charge is -2.16. The zero-order valence-corrected chi connectivity index (χ0v) is 12.8. The highest BCUT2D eigenvalue weighted by molar-refractivity contribution is 5.76. The number of hydrogen-bond acceptors (Lipinski definition) is 5. The van der Waals surface area contributed by atoms with Gasteiger partial charge in [0.15, 0.2) is 11.5 Å². The maximum atomic E-state index is 11.5. The summed E-state index contributed by atoms with van der Waals surface area (Å²) in [7, 11) is 3.04. The van der Waals surface area contributed by atoms with Crippen molar-refractivity contribution in [3.63, 3.8) is 0 Å². The van der Waals surface area contributed by atoms with Crippen molar-refractivity contribution < 1.29 is 19.0 Å². The molecule has 1 aromatic rings. The van der Waals surface area contributed by atoms with Crippen LogP contribution in [0.3, 0.4) is 0 Å². The summed E-state index contributed by atoms with van der Waals surface area (Å²) < 4.78 is 16.1. The molecule has 5 nitrogen and oxygen atoms in total. The van der Waals surface area contributed by atoms with E-state index < -0.39 is 0 Å². The highest BCUT2D eigenvalue weighted by Gasteiger charge is 2.31. The Morgan fingerprint density at radius 2 is 2.14 bits per heavy atom. The van der Waals surface area contributed by atoms with E-state index in [4.69, 9.17) is 14.2 Å². The van der Waals surface area contributed by atoms with Gasteiger partial charge in [-0.15, -0.1) is 0 Å². The quantitative estimate of drug-likeness (QED) is 0.812. The van der Waals surface area contributed by atoms with E-state index >= 15 is 0 Å². The summed E-state index contributed by atoms with van der Waals surface area (Å²) in [6.07, 6.45) is 2.66. The van der Waals surface area contributed by atoms with Crippen molar-refractivity contribution in [2.75, 3.05) is 20.8 Å². The van der Waals surface area contributed by atoms with Gasteiger partial charge in [0, 0.05) is 13.0 Å². The molecular weight excluding hydrogens is 270 g/mol.